The fraction of sp³-hybridized carbons (Fsp3) is 0.222. The summed E-state index contributed by atoms with van der Waals surface area (Å²) in [4.78, 5) is 16.8. The molecule has 0 amide bonds. The summed E-state index contributed by atoms with van der Waals surface area (Å²) in [5.41, 5.74) is 7.34. The number of carbonyl (C=O) groups is 1. The van der Waals surface area contributed by atoms with E-state index < -0.39 is 15.3 Å². The summed E-state index contributed by atoms with van der Waals surface area (Å²) in [5.74, 6) is 0.288. The van der Waals surface area contributed by atoms with Crippen molar-refractivity contribution >= 4 is 32.8 Å². The van der Waals surface area contributed by atoms with Crippen LogP contribution in [0.4, 0.5) is 5.95 Å². The van der Waals surface area contributed by atoms with Gasteiger partial charge in [0, 0.05) is 11.1 Å². The third-order valence-corrected chi connectivity index (χ3v) is 6.19. The Morgan fingerprint density at radius 2 is 1.73 bits per heavy atom. The lowest BCUT2D eigenvalue weighted by molar-refractivity contribution is 0.103. The highest BCUT2D eigenvalue weighted by Gasteiger charge is 2.25. The van der Waals surface area contributed by atoms with Crippen LogP contribution in [0.5, 0.6) is 5.75 Å². The van der Waals surface area contributed by atoms with Gasteiger partial charge in [-0.1, -0.05) is 0 Å². The fourth-order valence-corrected chi connectivity index (χ4v) is 3.75. The molecule has 1 heterocycles. The standard InChI is InChI=1S/C18H19N3O4S/c1-11(2)26(23,24)21-16-10-13(6-9-15(16)20-18(21)19)17(22)12-4-7-14(25-3)8-5-12/h4-11H,1-3H3,(H2,19,20). The molecule has 2 N–H and O–H groups in total. The number of nitrogens with zero attached hydrogens (tertiary/aromatic N) is 2. The Balaban J connectivity index is 2.12. The second-order valence-corrected chi connectivity index (χ2v) is 8.43. The lowest BCUT2D eigenvalue weighted by Gasteiger charge is -2.11. The molecule has 8 heteroatoms. The van der Waals surface area contributed by atoms with E-state index in [0.29, 0.717) is 22.4 Å². The molecule has 0 aliphatic heterocycles. The van der Waals surface area contributed by atoms with Crippen molar-refractivity contribution in [3.8, 4) is 5.75 Å². The van der Waals surface area contributed by atoms with Gasteiger partial charge in [0.25, 0.3) is 0 Å². The molecule has 0 spiro atoms. The molecule has 1 aromatic heterocycles. The lowest BCUT2D eigenvalue weighted by Crippen LogP contribution is -2.23. The maximum atomic E-state index is 12.7. The highest BCUT2D eigenvalue weighted by molar-refractivity contribution is 7.90. The van der Waals surface area contributed by atoms with E-state index in [-0.39, 0.29) is 17.2 Å². The van der Waals surface area contributed by atoms with Crippen LogP contribution < -0.4 is 10.5 Å². The second-order valence-electron chi connectivity index (χ2n) is 6.09. The summed E-state index contributed by atoms with van der Waals surface area (Å²) in [6, 6.07) is 11.4. The van der Waals surface area contributed by atoms with Crippen molar-refractivity contribution in [2.24, 2.45) is 0 Å². The number of hydrogen-bond donors (Lipinski definition) is 1. The van der Waals surface area contributed by atoms with Gasteiger partial charge in [0.2, 0.25) is 16.0 Å². The summed E-state index contributed by atoms with van der Waals surface area (Å²) in [7, 11) is -2.16. The molecule has 7 nitrogen and oxygen atoms in total. The Morgan fingerprint density at radius 3 is 2.31 bits per heavy atom. The average molecular weight is 373 g/mol. The summed E-state index contributed by atoms with van der Waals surface area (Å²) in [6.07, 6.45) is 0. The molecule has 0 aliphatic rings. The first-order valence-corrected chi connectivity index (χ1v) is 9.47. The highest BCUT2D eigenvalue weighted by Crippen LogP contribution is 2.25. The predicted molar refractivity (Wildman–Crippen MR) is 100 cm³/mol. The molecule has 3 rings (SSSR count). The Hall–Kier alpha value is -2.87. The Kier molecular flexibility index (Phi) is 4.45. The number of carbonyl (C=O) groups excluding carboxylic acids is 1. The quantitative estimate of drug-likeness (QED) is 0.689. The van der Waals surface area contributed by atoms with Crippen molar-refractivity contribution in [1.82, 2.24) is 8.96 Å². The molecule has 0 saturated carbocycles. The average Bonchev–Trinajstić information content (AvgIpc) is 2.96. The van der Waals surface area contributed by atoms with Gasteiger partial charge >= 0.3 is 0 Å². The van der Waals surface area contributed by atoms with Crippen molar-refractivity contribution in [3.05, 3.63) is 53.6 Å². The number of methoxy groups -OCH3 is 1. The predicted octanol–water partition coefficient (Wildman–Crippen LogP) is 2.44. The summed E-state index contributed by atoms with van der Waals surface area (Å²) >= 11 is 0. The van der Waals surface area contributed by atoms with Gasteiger partial charge in [0.15, 0.2) is 5.78 Å². The first kappa shape index (κ1) is 17.9. The second kappa shape index (κ2) is 6.45. The van der Waals surface area contributed by atoms with Gasteiger partial charge in [0.1, 0.15) is 5.75 Å². The first-order valence-electron chi connectivity index (χ1n) is 7.97. The van der Waals surface area contributed by atoms with E-state index in [4.69, 9.17) is 10.5 Å². The largest absolute Gasteiger partial charge is 0.497 e. The van der Waals surface area contributed by atoms with Gasteiger partial charge in [0.05, 0.1) is 23.4 Å². The van der Waals surface area contributed by atoms with Gasteiger partial charge in [-0.15, -0.1) is 0 Å². The number of fused-ring (bicyclic) bond motifs is 1. The maximum Gasteiger partial charge on any atom is 0.244 e. The van der Waals surface area contributed by atoms with Crippen LogP contribution >= 0.6 is 0 Å². The minimum absolute atomic E-state index is 0.122. The Morgan fingerprint density at radius 1 is 1.12 bits per heavy atom. The number of hydrogen-bond acceptors (Lipinski definition) is 6. The van der Waals surface area contributed by atoms with Crippen molar-refractivity contribution < 1.29 is 17.9 Å². The van der Waals surface area contributed by atoms with Gasteiger partial charge in [-0.3, -0.25) is 4.79 Å². The van der Waals surface area contributed by atoms with Crippen LogP contribution in [0.2, 0.25) is 0 Å². The molecule has 0 radical (unpaired) electrons. The van der Waals surface area contributed by atoms with E-state index >= 15 is 0 Å². The van der Waals surface area contributed by atoms with Crippen LogP contribution in [0.1, 0.15) is 29.8 Å². The molecule has 0 atom stereocenters. The highest BCUT2D eigenvalue weighted by atomic mass is 32.2. The van der Waals surface area contributed by atoms with E-state index in [1.165, 1.54) is 6.07 Å². The van der Waals surface area contributed by atoms with E-state index in [0.717, 1.165) is 3.97 Å². The Bertz CT molecular complexity index is 1080. The molecule has 0 fully saturated rings. The number of rotatable bonds is 5. The van der Waals surface area contributed by atoms with Crippen LogP contribution in [0.15, 0.2) is 42.5 Å². The van der Waals surface area contributed by atoms with Crippen molar-refractivity contribution in [1.29, 1.82) is 0 Å². The van der Waals surface area contributed by atoms with E-state index in [1.807, 2.05) is 0 Å². The van der Waals surface area contributed by atoms with Crippen LogP contribution in [0.25, 0.3) is 11.0 Å². The zero-order chi connectivity index (χ0) is 19.1. The van der Waals surface area contributed by atoms with E-state index in [1.54, 1.807) is 57.4 Å². The molecule has 0 saturated heterocycles. The molecule has 0 aliphatic carbocycles. The monoisotopic (exact) mass is 373 g/mol. The van der Waals surface area contributed by atoms with Crippen molar-refractivity contribution in [3.63, 3.8) is 0 Å². The number of anilines is 1. The molecule has 2 aromatic carbocycles. The molecule has 26 heavy (non-hydrogen) atoms. The smallest absolute Gasteiger partial charge is 0.244 e. The number of benzene rings is 2. The summed E-state index contributed by atoms with van der Waals surface area (Å²) < 4.78 is 31.3. The molecule has 136 valence electrons. The molecule has 3 aromatic rings. The lowest BCUT2D eigenvalue weighted by atomic mass is 10.0. The van der Waals surface area contributed by atoms with Gasteiger partial charge in [-0.25, -0.2) is 17.4 Å². The third kappa shape index (κ3) is 2.92. The van der Waals surface area contributed by atoms with Crippen molar-refractivity contribution in [2.75, 3.05) is 12.8 Å². The van der Waals surface area contributed by atoms with Crippen LogP contribution in [-0.4, -0.2) is 35.5 Å². The first-order chi connectivity index (χ1) is 12.3. The Labute approximate surface area is 151 Å². The van der Waals surface area contributed by atoms with Gasteiger partial charge in [-0.05, 0) is 56.3 Å². The maximum absolute atomic E-state index is 12.7. The van der Waals surface area contributed by atoms with E-state index in [9.17, 15) is 13.2 Å². The zero-order valence-electron chi connectivity index (χ0n) is 14.6. The molecule has 0 unspecified atom stereocenters. The normalized spacial score (nSPS) is 11.8. The molecular formula is C18H19N3O4S. The van der Waals surface area contributed by atoms with Crippen LogP contribution in [0, 0.1) is 0 Å². The van der Waals surface area contributed by atoms with Gasteiger partial charge in [-0.2, -0.15) is 0 Å². The number of nitrogens with two attached hydrogens (primary N) is 1. The van der Waals surface area contributed by atoms with Gasteiger partial charge < -0.3 is 10.5 Å². The van der Waals surface area contributed by atoms with Crippen LogP contribution in [-0.2, 0) is 10.0 Å². The van der Waals surface area contributed by atoms with Crippen molar-refractivity contribution in [2.45, 2.75) is 19.1 Å². The minimum Gasteiger partial charge on any atom is -0.497 e. The number of ketones is 1. The SMILES string of the molecule is COc1ccc(C(=O)c2ccc3nc(N)n(S(=O)(=O)C(C)C)c3c2)cc1. The topological polar surface area (TPSA) is 104 Å². The summed E-state index contributed by atoms with van der Waals surface area (Å²) in [6.45, 7) is 3.12. The zero-order valence-corrected chi connectivity index (χ0v) is 15.4. The number of ether oxygens (including phenoxy) is 1. The number of imidazole rings is 1. The minimum atomic E-state index is -3.71. The number of nitrogen functional groups attached to an aromatic ring is 1. The molecular weight excluding hydrogens is 354 g/mol. The van der Waals surface area contributed by atoms with E-state index in [2.05, 4.69) is 4.98 Å². The number of aromatic nitrogens is 2. The summed E-state index contributed by atoms with van der Waals surface area (Å²) in [5, 5.41) is -0.678. The third-order valence-electron chi connectivity index (χ3n) is 4.10. The fourth-order valence-electron chi connectivity index (χ4n) is 2.60. The molecule has 0 bridgehead atoms. The van der Waals surface area contributed by atoms with Crippen LogP contribution in [0.3, 0.4) is 0 Å².